The number of para-hydroxylation sites is 1. The van der Waals surface area contributed by atoms with Gasteiger partial charge in [0, 0.05) is 17.5 Å². The van der Waals surface area contributed by atoms with E-state index < -0.39 is 11.5 Å². The molecule has 4 rings (SSSR count). The molecule has 2 aromatic carbocycles. The molecule has 33 heavy (non-hydrogen) atoms. The number of methoxy groups -OCH3 is 1. The summed E-state index contributed by atoms with van der Waals surface area (Å²) in [6.45, 7) is 4.34. The van der Waals surface area contributed by atoms with Crippen molar-refractivity contribution in [2.24, 2.45) is 0 Å². The lowest BCUT2D eigenvalue weighted by molar-refractivity contribution is 0.102. The summed E-state index contributed by atoms with van der Waals surface area (Å²) in [5, 5.41) is 14.5. The van der Waals surface area contributed by atoms with Crippen LogP contribution >= 0.6 is 0 Å². The van der Waals surface area contributed by atoms with Gasteiger partial charge in [-0.25, -0.2) is 4.79 Å². The molecule has 1 N–H and O–H groups in total. The van der Waals surface area contributed by atoms with Gasteiger partial charge < -0.3 is 23.9 Å². The molecule has 2 heterocycles. The lowest BCUT2D eigenvalue weighted by atomic mass is 10.1. The molecule has 0 aliphatic rings. The molecule has 0 aliphatic heterocycles. The van der Waals surface area contributed by atoms with Crippen molar-refractivity contribution in [3.63, 3.8) is 0 Å². The molecule has 170 valence electrons. The number of nitrogens with zero attached hydrogens (tertiary/aromatic N) is 4. The molecule has 11 nitrogen and oxygen atoms in total. The average molecular weight is 451 g/mol. The normalized spacial score (nSPS) is 10.8. The minimum absolute atomic E-state index is 0.166. The van der Waals surface area contributed by atoms with E-state index in [0.29, 0.717) is 47.2 Å². The van der Waals surface area contributed by atoms with Crippen LogP contribution in [-0.2, 0) is 0 Å². The van der Waals surface area contributed by atoms with Crippen LogP contribution in [0, 0.1) is 0 Å². The molecule has 11 heteroatoms. The third kappa shape index (κ3) is 4.33. The van der Waals surface area contributed by atoms with Crippen LogP contribution in [0.3, 0.4) is 0 Å². The summed E-state index contributed by atoms with van der Waals surface area (Å²) in [4.78, 5) is 25.6. The summed E-state index contributed by atoms with van der Waals surface area (Å²) < 4.78 is 23.4. The van der Waals surface area contributed by atoms with Gasteiger partial charge in [0.05, 0.1) is 26.0 Å². The second-order valence-corrected chi connectivity index (χ2v) is 6.72. The smallest absolute Gasteiger partial charge is 0.349 e. The first-order valence-electron chi connectivity index (χ1n) is 10.1. The Labute approximate surface area is 187 Å². The topological polar surface area (TPSA) is 131 Å². The van der Waals surface area contributed by atoms with Gasteiger partial charge in [-0.15, -0.1) is 5.10 Å². The fraction of sp³-hybridized carbons (Fsp3) is 0.227. The third-order valence-corrected chi connectivity index (χ3v) is 4.69. The zero-order chi connectivity index (χ0) is 23.4. The molecule has 2 aromatic heterocycles. The Morgan fingerprint density at radius 1 is 1.09 bits per heavy atom. The summed E-state index contributed by atoms with van der Waals surface area (Å²) >= 11 is 0. The van der Waals surface area contributed by atoms with E-state index in [2.05, 4.69) is 20.8 Å². The Morgan fingerprint density at radius 3 is 2.58 bits per heavy atom. The van der Waals surface area contributed by atoms with Crippen LogP contribution in [0.4, 0.5) is 5.69 Å². The number of rotatable bonds is 8. The van der Waals surface area contributed by atoms with Gasteiger partial charge in [-0.2, -0.15) is 4.68 Å². The number of aromatic nitrogens is 4. The minimum atomic E-state index is -0.794. The number of carbonyl (C=O) groups excluding carboxylic acids is 1. The van der Waals surface area contributed by atoms with E-state index in [9.17, 15) is 9.59 Å². The SMILES string of the molecule is CCOc1cc(-n2cnnn2)c(OCC)cc1NC(=O)c1cc2cccc(OC)c2oc1=O. The fourth-order valence-corrected chi connectivity index (χ4v) is 3.27. The van der Waals surface area contributed by atoms with Crippen LogP contribution in [0.5, 0.6) is 17.2 Å². The molecule has 0 atom stereocenters. The summed E-state index contributed by atoms with van der Waals surface area (Å²) in [5.41, 5.74) is 0.146. The van der Waals surface area contributed by atoms with Gasteiger partial charge in [0.15, 0.2) is 11.3 Å². The van der Waals surface area contributed by atoms with Crippen molar-refractivity contribution in [1.82, 2.24) is 20.2 Å². The summed E-state index contributed by atoms with van der Waals surface area (Å²) in [7, 11) is 1.47. The summed E-state index contributed by atoms with van der Waals surface area (Å²) in [6, 6.07) is 9.82. The van der Waals surface area contributed by atoms with Crippen molar-refractivity contribution in [3.8, 4) is 22.9 Å². The van der Waals surface area contributed by atoms with Crippen molar-refractivity contribution in [2.75, 3.05) is 25.6 Å². The molecule has 0 aliphatic carbocycles. The van der Waals surface area contributed by atoms with Crippen molar-refractivity contribution in [3.05, 3.63) is 58.7 Å². The first-order chi connectivity index (χ1) is 16.0. The van der Waals surface area contributed by atoms with E-state index in [1.807, 2.05) is 13.8 Å². The first kappa shape index (κ1) is 21.8. The maximum Gasteiger partial charge on any atom is 0.349 e. The summed E-state index contributed by atoms with van der Waals surface area (Å²) in [6.07, 6.45) is 1.42. The Morgan fingerprint density at radius 2 is 1.88 bits per heavy atom. The zero-order valence-electron chi connectivity index (χ0n) is 18.2. The number of amides is 1. The molecular formula is C22H21N5O6. The van der Waals surface area contributed by atoms with Crippen LogP contribution in [0.2, 0.25) is 0 Å². The quantitative estimate of drug-likeness (QED) is 0.402. The maximum absolute atomic E-state index is 13.0. The third-order valence-electron chi connectivity index (χ3n) is 4.69. The van der Waals surface area contributed by atoms with Gasteiger partial charge in [-0.1, -0.05) is 12.1 Å². The highest BCUT2D eigenvalue weighted by Gasteiger charge is 2.20. The molecule has 1 amide bonds. The number of anilines is 1. The van der Waals surface area contributed by atoms with Crippen molar-refractivity contribution < 1.29 is 23.4 Å². The number of ether oxygens (including phenoxy) is 3. The van der Waals surface area contributed by atoms with E-state index >= 15 is 0 Å². The number of benzene rings is 2. The van der Waals surface area contributed by atoms with Crippen molar-refractivity contribution in [2.45, 2.75) is 13.8 Å². The number of fused-ring (bicyclic) bond motifs is 1. The van der Waals surface area contributed by atoms with Crippen LogP contribution < -0.4 is 25.2 Å². The van der Waals surface area contributed by atoms with Gasteiger partial charge in [-0.05, 0) is 36.4 Å². The zero-order valence-corrected chi connectivity index (χ0v) is 18.2. The van der Waals surface area contributed by atoms with Crippen LogP contribution in [0.25, 0.3) is 16.7 Å². The van der Waals surface area contributed by atoms with Gasteiger partial charge in [0.1, 0.15) is 29.1 Å². The minimum Gasteiger partial charge on any atom is -0.493 e. The highest BCUT2D eigenvalue weighted by molar-refractivity contribution is 6.06. The molecule has 0 unspecified atom stereocenters. The fourth-order valence-electron chi connectivity index (χ4n) is 3.27. The maximum atomic E-state index is 13.0. The summed E-state index contributed by atoms with van der Waals surface area (Å²) in [5.74, 6) is 0.507. The lowest BCUT2D eigenvalue weighted by Gasteiger charge is -2.16. The number of carbonyl (C=O) groups is 1. The second-order valence-electron chi connectivity index (χ2n) is 6.72. The molecular weight excluding hydrogens is 430 g/mol. The van der Waals surface area contributed by atoms with E-state index in [1.165, 1.54) is 24.2 Å². The monoisotopic (exact) mass is 451 g/mol. The predicted octanol–water partition coefficient (Wildman–Crippen LogP) is 2.83. The molecule has 0 radical (unpaired) electrons. The Balaban J connectivity index is 1.75. The molecule has 4 aromatic rings. The van der Waals surface area contributed by atoms with Gasteiger partial charge >= 0.3 is 5.63 Å². The molecule has 0 spiro atoms. The van der Waals surface area contributed by atoms with Gasteiger partial charge in [-0.3, -0.25) is 4.79 Å². The molecule has 0 saturated carbocycles. The van der Waals surface area contributed by atoms with Crippen LogP contribution in [0.15, 0.2) is 51.9 Å². The highest BCUT2D eigenvalue weighted by Crippen LogP contribution is 2.35. The van der Waals surface area contributed by atoms with Crippen LogP contribution in [-0.4, -0.2) is 46.4 Å². The average Bonchev–Trinajstić information content (AvgIpc) is 3.34. The highest BCUT2D eigenvalue weighted by atomic mass is 16.5. The molecule has 0 bridgehead atoms. The molecule has 0 fully saturated rings. The number of hydrogen-bond acceptors (Lipinski definition) is 9. The van der Waals surface area contributed by atoms with Crippen molar-refractivity contribution >= 4 is 22.6 Å². The second kappa shape index (κ2) is 9.39. The predicted molar refractivity (Wildman–Crippen MR) is 118 cm³/mol. The van der Waals surface area contributed by atoms with E-state index in [0.717, 1.165) is 0 Å². The van der Waals surface area contributed by atoms with Gasteiger partial charge in [0.2, 0.25) is 0 Å². The number of hydrogen-bond donors (Lipinski definition) is 1. The van der Waals surface area contributed by atoms with Gasteiger partial charge in [0.25, 0.3) is 5.91 Å². The van der Waals surface area contributed by atoms with E-state index in [-0.39, 0.29) is 11.1 Å². The Kier molecular flexibility index (Phi) is 6.20. The Hall–Kier alpha value is -4.41. The first-order valence-corrected chi connectivity index (χ1v) is 10.1. The molecule has 0 saturated heterocycles. The van der Waals surface area contributed by atoms with E-state index in [4.69, 9.17) is 18.6 Å². The van der Waals surface area contributed by atoms with E-state index in [1.54, 1.807) is 30.3 Å². The van der Waals surface area contributed by atoms with Crippen LogP contribution in [0.1, 0.15) is 24.2 Å². The standard InChI is InChI=1S/C22H21N5O6/c1-4-31-18-11-16(27-12-23-25-26-27)19(32-5-2)10-15(18)24-21(28)14-9-13-7-6-8-17(30-3)20(13)33-22(14)29/h6-12H,4-5H2,1-3H3,(H,24,28). The lowest BCUT2D eigenvalue weighted by Crippen LogP contribution is -2.21. The number of tetrazole rings is 1. The Bertz CT molecular complexity index is 1350. The van der Waals surface area contributed by atoms with Crippen molar-refractivity contribution in [1.29, 1.82) is 0 Å². The number of nitrogens with one attached hydrogen (secondary N) is 1. The largest absolute Gasteiger partial charge is 0.493 e.